The van der Waals surface area contributed by atoms with Gasteiger partial charge in [-0.2, -0.15) is 0 Å². The number of β-amino-alcohol motifs (C(OH)–C–C–N with tert-alkyl or cyclic N) is 1. The van der Waals surface area contributed by atoms with Crippen molar-refractivity contribution >= 4 is 22.9 Å². The van der Waals surface area contributed by atoms with Crippen molar-refractivity contribution in [2.45, 2.75) is 31.4 Å². The number of hydrogen-bond donors (Lipinski definition) is 2. The van der Waals surface area contributed by atoms with Crippen LogP contribution in [0.4, 0.5) is 5.95 Å². The summed E-state index contributed by atoms with van der Waals surface area (Å²) in [6.07, 6.45) is 2.24. The van der Waals surface area contributed by atoms with Crippen LogP contribution in [0.15, 0.2) is 18.2 Å². The number of fused-ring (bicyclic) bond motifs is 1. The molecule has 2 fully saturated rings. The highest BCUT2D eigenvalue weighted by molar-refractivity contribution is 5.98. The lowest BCUT2D eigenvalue weighted by molar-refractivity contribution is 0.0678. The van der Waals surface area contributed by atoms with Gasteiger partial charge < -0.3 is 24.6 Å². The maximum absolute atomic E-state index is 12.8. The number of aliphatic hydroxyl groups excluding tert-OH is 2. The minimum atomic E-state index is -0.303. The number of carbonyl (C=O) groups is 1. The number of carbonyl (C=O) groups excluding carboxylic acids is 1. The van der Waals surface area contributed by atoms with Crippen LogP contribution in [0.5, 0.6) is 0 Å². The number of hydrogen-bond acceptors (Lipinski definition) is 5. The predicted octanol–water partition coefficient (Wildman–Crippen LogP) is 0.741. The van der Waals surface area contributed by atoms with Gasteiger partial charge in [0.2, 0.25) is 5.95 Å². The molecule has 1 amide bonds. The smallest absolute Gasteiger partial charge is 0.254 e. The first-order valence-corrected chi connectivity index (χ1v) is 8.90. The Morgan fingerprint density at radius 3 is 2.88 bits per heavy atom. The Bertz CT molecular complexity index is 803. The zero-order valence-corrected chi connectivity index (χ0v) is 14.4. The molecule has 0 aliphatic carbocycles. The summed E-state index contributed by atoms with van der Waals surface area (Å²) >= 11 is 0. The molecule has 2 aliphatic heterocycles. The second kappa shape index (κ2) is 6.31. The topological polar surface area (TPSA) is 81.8 Å². The Hall–Kier alpha value is -2.12. The van der Waals surface area contributed by atoms with Crippen LogP contribution in [0.3, 0.4) is 0 Å². The molecule has 0 bridgehead atoms. The van der Waals surface area contributed by atoms with E-state index in [1.54, 1.807) is 4.90 Å². The summed E-state index contributed by atoms with van der Waals surface area (Å²) in [5.41, 5.74) is 2.36. The molecule has 1 aromatic heterocycles. The van der Waals surface area contributed by atoms with Gasteiger partial charge in [0.05, 0.1) is 29.8 Å². The van der Waals surface area contributed by atoms with E-state index in [1.165, 1.54) is 0 Å². The normalized spacial score (nSPS) is 23.8. The van der Waals surface area contributed by atoms with Crippen molar-refractivity contribution in [2.24, 2.45) is 7.05 Å². The monoisotopic (exact) mass is 344 g/mol. The minimum Gasteiger partial charge on any atom is -0.394 e. The van der Waals surface area contributed by atoms with E-state index in [0.717, 1.165) is 42.8 Å². The average Bonchev–Trinajstić information content (AvgIpc) is 3.32. The highest BCUT2D eigenvalue weighted by Gasteiger charge is 2.29. The lowest BCUT2D eigenvalue weighted by Crippen LogP contribution is -2.37. The van der Waals surface area contributed by atoms with E-state index >= 15 is 0 Å². The van der Waals surface area contributed by atoms with E-state index in [4.69, 9.17) is 4.98 Å². The first kappa shape index (κ1) is 16.4. The molecule has 1 aromatic carbocycles. The molecule has 7 heteroatoms. The van der Waals surface area contributed by atoms with Crippen LogP contribution in [-0.4, -0.2) is 69.0 Å². The number of likely N-dealkylation sites (tertiary alicyclic amines) is 1. The SMILES string of the molecule is Cn1c(N2CC[C@H](O)C2)nc2cc(C(=O)N3CCC[C@H]3CO)ccc21. The van der Waals surface area contributed by atoms with Crippen molar-refractivity contribution in [3.8, 4) is 0 Å². The van der Waals surface area contributed by atoms with Gasteiger partial charge in [-0.3, -0.25) is 4.79 Å². The van der Waals surface area contributed by atoms with Crippen molar-refractivity contribution in [2.75, 3.05) is 31.1 Å². The number of aliphatic hydroxyl groups is 2. The fraction of sp³-hybridized carbons (Fsp3) is 0.556. The average molecular weight is 344 g/mol. The quantitative estimate of drug-likeness (QED) is 0.858. The molecule has 0 radical (unpaired) electrons. The van der Waals surface area contributed by atoms with Gasteiger partial charge in [0.1, 0.15) is 0 Å². The lowest BCUT2D eigenvalue weighted by atomic mass is 10.1. The molecular formula is C18H24N4O3. The molecule has 134 valence electrons. The molecule has 2 atom stereocenters. The first-order chi connectivity index (χ1) is 12.1. The van der Waals surface area contributed by atoms with Gasteiger partial charge in [0.25, 0.3) is 5.91 Å². The maximum atomic E-state index is 12.8. The third kappa shape index (κ3) is 2.77. The number of anilines is 1. The number of amides is 1. The highest BCUT2D eigenvalue weighted by Crippen LogP contribution is 2.26. The van der Waals surface area contributed by atoms with Gasteiger partial charge in [0, 0.05) is 32.2 Å². The number of aromatic nitrogens is 2. The molecule has 2 aromatic rings. The highest BCUT2D eigenvalue weighted by atomic mass is 16.3. The second-order valence-corrected chi connectivity index (χ2v) is 7.04. The van der Waals surface area contributed by atoms with Crippen molar-refractivity contribution in [1.29, 1.82) is 0 Å². The van der Waals surface area contributed by atoms with E-state index in [9.17, 15) is 15.0 Å². The van der Waals surface area contributed by atoms with Crippen LogP contribution in [0.2, 0.25) is 0 Å². The van der Waals surface area contributed by atoms with E-state index in [2.05, 4.69) is 4.90 Å². The molecule has 4 rings (SSSR count). The van der Waals surface area contributed by atoms with Crippen LogP contribution in [0.25, 0.3) is 11.0 Å². The van der Waals surface area contributed by atoms with Gasteiger partial charge in [-0.25, -0.2) is 4.98 Å². The first-order valence-electron chi connectivity index (χ1n) is 8.90. The number of benzene rings is 1. The Morgan fingerprint density at radius 2 is 2.16 bits per heavy atom. The molecule has 7 nitrogen and oxygen atoms in total. The maximum Gasteiger partial charge on any atom is 0.254 e. The van der Waals surface area contributed by atoms with Crippen LogP contribution < -0.4 is 4.90 Å². The van der Waals surface area contributed by atoms with Crippen molar-refractivity contribution in [3.63, 3.8) is 0 Å². The zero-order chi connectivity index (χ0) is 17.6. The molecule has 0 spiro atoms. The molecular weight excluding hydrogens is 320 g/mol. The van der Waals surface area contributed by atoms with E-state index in [0.29, 0.717) is 18.7 Å². The largest absolute Gasteiger partial charge is 0.394 e. The number of rotatable bonds is 3. The zero-order valence-electron chi connectivity index (χ0n) is 14.4. The Labute approximate surface area is 146 Å². The van der Waals surface area contributed by atoms with E-state index in [-0.39, 0.29) is 24.7 Å². The number of aryl methyl sites for hydroxylation is 1. The molecule has 2 N–H and O–H groups in total. The number of nitrogens with zero attached hydrogens (tertiary/aromatic N) is 4. The van der Waals surface area contributed by atoms with Gasteiger partial charge >= 0.3 is 0 Å². The fourth-order valence-corrected chi connectivity index (χ4v) is 3.99. The Kier molecular flexibility index (Phi) is 4.13. The third-order valence-electron chi connectivity index (χ3n) is 5.40. The van der Waals surface area contributed by atoms with Crippen molar-refractivity contribution in [3.05, 3.63) is 23.8 Å². The Morgan fingerprint density at radius 1 is 1.32 bits per heavy atom. The second-order valence-electron chi connectivity index (χ2n) is 7.04. The molecule has 2 aliphatic rings. The standard InChI is InChI=1S/C18H24N4O3/c1-20-16-5-4-12(17(25)22-7-2-3-13(22)11-23)9-15(16)19-18(20)21-8-6-14(24)10-21/h4-5,9,13-14,23-24H,2-3,6-8,10-11H2,1H3/t13-,14-/m0/s1. The summed E-state index contributed by atoms with van der Waals surface area (Å²) in [6, 6.07) is 5.52. The lowest BCUT2D eigenvalue weighted by Gasteiger charge is -2.23. The minimum absolute atomic E-state index is 0.0129. The summed E-state index contributed by atoms with van der Waals surface area (Å²) in [5.74, 6) is 0.785. The van der Waals surface area contributed by atoms with Crippen molar-refractivity contribution < 1.29 is 15.0 Å². The van der Waals surface area contributed by atoms with Crippen LogP contribution in [0, 0.1) is 0 Å². The van der Waals surface area contributed by atoms with Crippen LogP contribution in [-0.2, 0) is 7.05 Å². The molecule has 0 unspecified atom stereocenters. The summed E-state index contributed by atoms with van der Waals surface area (Å²) in [5, 5.41) is 19.2. The summed E-state index contributed by atoms with van der Waals surface area (Å²) in [4.78, 5) is 21.3. The van der Waals surface area contributed by atoms with Gasteiger partial charge in [0.15, 0.2) is 0 Å². The summed E-state index contributed by atoms with van der Waals surface area (Å²) in [7, 11) is 1.96. The van der Waals surface area contributed by atoms with Crippen LogP contribution >= 0.6 is 0 Å². The number of imidazole rings is 1. The molecule has 2 saturated heterocycles. The van der Waals surface area contributed by atoms with Gasteiger partial charge in [-0.1, -0.05) is 0 Å². The van der Waals surface area contributed by atoms with E-state index < -0.39 is 0 Å². The summed E-state index contributed by atoms with van der Waals surface area (Å²) in [6.45, 7) is 2.09. The molecule has 3 heterocycles. The molecule has 25 heavy (non-hydrogen) atoms. The van der Waals surface area contributed by atoms with Gasteiger partial charge in [-0.15, -0.1) is 0 Å². The van der Waals surface area contributed by atoms with E-state index in [1.807, 2.05) is 29.8 Å². The third-order valence-corrected chi connectivity index (χ3v) is 5.40. The predicted molar refractivity (Wildman–Crippen MR) is 94.7 cm³/mol. The van der Waals surface area contributed by atoms with Crippen molar-refractivity contribution in [1.82, 2.24) is 14.5 Å². The van der Waals surface area contributed by atoms with Crippen LogP contribution in [0.1, 0.15) is 29.6 Å². The summed E-state index contributed by atoms with van der Waals surface area (Å²) < 4.78 is 2.01. The fourth-order valence-electron chi connectivity index (χ4n) is 3.99. The Balaban J connectivity index is 1.65. The molecule has 0 saturated carbocycles. The van der Waals surface area contributed by atoms with Gasteiger partial charge in [-0.05, 0) is 37.5 Å².